The molecular weight excluding hydrogens is 464 g/mol. The van der Waals surface area contributed by atoms with Crippen molar-refractivity contribution in [3.8, 4) is 0 Å². The Morgan fingerprint density at radius 2 is 1.60 bits per heavy atom. The number of likely N-dealkylation sites (N-methyl/N-ethyl adjacent to an activating group) is 1. The van der Waals surface area contributed by atoms with Crippen LogP contribution in [0.25, 0.3) is 0 Å². The molecule has 0 spiro atoms. The smallest absolute Gasteiger partial charge is 0.248 e. The van der Waals surface area contributed by atoms with Crippen molar-refractivity contribution in [3.63, 3.8) is 0 Å². The van der Waals surface area contributed by atoms with Crippen LogP contribution in [0, 0.1) is 6.92 Å². The number of carbonyl (C=O) groups is 3. The molecule has 1 unspecified atom stereocenters. The number of benzene rings is 3. The Morgan fingerprint density at radius 3 is 2.20 bits per heavy atom. The van der Waals surface area contributed by atoms with E-state index < -0.39 is 11.9 Å². The number of carbonyl (C=O) groups excluding carboxylic acids is 3. The number of anilines is 2. The number of nitrogens with zero attached hydrogens (tertiary/aromatic N) is 1. The Balaban J connectivity index is 1.71. The van der Waals surface area contributed by atoms with E-state index in [-0.39, 0.29) is 18.2 Å². The fraction of sp³-hybridized carbons (Fsp3) is 0.222. The van der Waals surface area contributed by atoms with Crippen molar-refractivity contribution in [1.82, 2.24) is 4.90 Å². The van der Waals surface area contributed by atoms with Crippen molar-refractivity contribution in [1.29, 1.82) is 0 Å². The molecule has 3 amide bonds. The van der Waals surface area contributed by atoms with E-state index in [4.69, 9.17) is 17.3 Å². The molecule has 0 saturated carbocycles. The number of aryl methyl sites for hydroxylation is 1. The highest BCUT2D eigenvalue weighted by molar-refractivity contribution is 6.31. The molecule has 3 rings (SSSR count). The Kier molecular flexibility index (Phi) is 9.00. The summed E-state index contributed by atoms with van der Waals surface area (Å²) in [5.74, 6) is -0.937. The van der Waals surface area contributed by atoms with Gasteiger partial charge in [0, 0.05) is 34.9 Å². The zero-order valence-electron chi connectivity index (χ0n) is 19.8. The van der Waals surface area contributed by atoms with Crippen molar-refractivity contribution in [2.75, 3.05) is 23.7 Å². The molecule has 0 heterocycles. The molecule has 0 aliphatic heterocycles. The van der Waals surface area contributed by atoms with E-state index in [9.17, 15) is 14.4 Å². The van der Waals surface area contributed by atoms with Gasteiger partial charge in [-0.1, -0.05) is 54.9 Å². The van der Waals surface area contributed by atoms with Gasteiger partial charge in [0.05, 0.1) is 0 Å². The zero-order valence-corrected chi connectivity index (χ0v) is 20.5. The second-order valence-electron chi connectivity index (χ2n) is 8.13. The third-order valence-corrected chi connectivity index (χ3v) is 6.06. The van der Waals surface area contributed by atoms with Crippen LogP contribution in [0.5, 0.6) is 0 Å². The van der Waals surface area contributed by atoms with Crippen molar-refractivity contribution in [2.24, 2.45) is 5.73 Å². The van der Waals surface area contributed by atoms with Crippen LogP contribution >= 0.6 is 11.6 Å². The minimum absolute atomic E-state index is 0.179. The summed E-state index contributed by atoms with van der Waals surface area (Å²) in [5, 5.41) is 6.35. The summed E-state index contributed by atoms with van der Waals surface area (Å²) in [6, 6.07) is 20.6. The number of nitrogens with one attached hydrogen (secondary N) is 2. The lowest BCUT2D eigenvalue weighted by molar-refractivity contribution is -0.123. The molecule has 0 saturated heterocycles. The van der Waals surface area contributed by atoms with Crippen molar-refractivity contribution in [2.45, 2.75) is 26.3 Å². The normalized spacial score (nSPS) is 11.7. The summed E-state index contributed by atoms with van der Waals surface area (Å²) in [4.78, 5) is 39.2. The van der Waals surface area contributed by atoms with Gasteiger partial charge in [0.2, 0.25) is 17.7 Å². The fourth-order valence-electron chi connectivity index (χ4n) is 3.70. The van der Waals surface area contributed by atoms with Crippen LogP contribution in [0.3, 0.4) is 0 Å². The van der Waals surface area contributed by atoms with Crippen molar-refractivity contribution < 1.29 is 14.4 Å². The van der Waals surface area contributed by atoms with E-state index in [1.165, 1.54) is 0 Å². The average molecular weight is 493 g/mol. The third-order valence-electron chi connectivity index (χ3n) is 5.65. The molecule has 35 heavy (non-hydrogen) atoms. The number of rotatable bonds is 10. The van der Waals surface area contributed by atoms with Crippen LogP contribution in [0.1, 0.15) is 40.9 Å². The first-order valence-electron chi connectivity index (χ1n) is 11.3. The van der Waals surface area contributed by atoms with Crippen LogP contribution in [0.15, 0.2) is 72.8 Å². The monoisotopic (exact) mass is 492 g/mol. The van der Waals surface area contributed by atoms with Crippen molar-refractivity contribution >= 4 is 40.7 Å². The first-order chi connectivity index (χ1) is 16.8. The van der Waals surface area contributed by atoms with Gasteiger partial charge >= 0.3 is 0 Å². The topological polar surface area (TPSA) is 105 Å². The molecule has 8 heteroatoms. The molecule has 4 N–H and O–H groups in total. The number of hydrogen-bond donors (Lipinski definition) is 3. The highest BCUT2D eigenvalue weighted by atomic mass is 35.5. The highest BCUT2D eigenvalue weighted by Crippen LogP contribution is 2.25. The number of hydrogen-bond acceptors (Lipinski definition) is 4. The Hall–Kier alpha value is -3.68. The van der Waals surface area contributed by atoms with Gasteiger partial charge in [-0.3, -0.25) is 19.3 Å². The minimum atomic E-state index is -0.594. The molecule has 3 aromatic rings. The van der Waals surface area contributed by atoms with E-state index in [0.29, 0.717) is 35.1 Å². The Labute approximate surface area is 210 Å². The van der Waals surface area contributed by atoms with Crippen LogP contribution in [0.4, 0.5) is 11.4 Å². The summed E-state index contributed by atoms with van der Waals surface area (Å²) in [6.45, 7) is 4.77. The highest BCUT2D eigenvalue weighted by Gasteiger charge is 2.27. The second-order valence-corrected chi connectivity index (χ2v) is 8.54. The van der Waals surface area contributed by atoms with Crippen LogP contribution in [-0.2, 0) is 9.59 Å². The minimum Gasteiger partial charge on any atom is -0.366 e. The summed E-state index contributed by atoms with van der Waals surface area (Å²) in [7, 11) is 0. The maximum atomic E-state index is 13.4. The second kappa shape index (κ2) is 12.1. The number of nitrogens with two attached hydrogens (primary N) is 1. The van der Waals surface area contributed by atoms with Crippen LogP contribution in [-0.4, -0.2) is 35.7 Å². The first-order valence-corrected chi connectivity index (χ1v) is 11.7. The summed E-state index contributed by atoms with van der Waals surface area (Å²) in [6.07, 6.45) is 0.179. The first kappa shape index (κ1) is 25.9. The van der Waals surface area contributed by atoms with E-state index >= 15 is 0 Å². The SMILES string of the molecule is CCN(CCC(=O)Nc1ccc(C(N)=O)cc1)C(C(=O)Nc1ccc(C)c(Cl)c1)c1ccccc1. The number of amides is 3. The standard InChI is InChI=1S/C27H29ClN4O3/c1-3-32(16-15-24(33)30-21-13-10-20(11-14-21)26(29)34)25(19-7-5-4-6-8-19)27(35)31-22-12-9-18(2)23(28)17-22/h4-14,17,25H,3,15-16H2,1-2H3,(H2,29,34)(H,30,33)(H,31,35). The van der Waals surface area contributed by atoms with Crippen molar-refractivity contribution in [3.05, 3.63) is 94.5 Å². The molecule has 182 valence electrons. The van der Waals surface area contributed by atoms with Gasteiger partial charge in [0.25, 0.3) is 0 Å². The lowest BCUT2D eigenvalue weighted by atomic mass is 10.0. The molecule has 3 aromatic carbocycles. The zero-order chi connectivity index (χ0) is 25.4. The Morgan fingerprint density at radius 1 is 0.943 bits per heavy atom. The van der Waals surface area contributed by atoms with E-state index in [1.807, 2.05) is 61.2 Å². The fourth-order valence-corrected chi connectivity index (χ4v) is 3.88. The van der Waals surface area contributed by atoms with E-state index in [2.05, 4.69) is 10.6 Å². The molecule has 1 atom stereocenters. The quantitative estimate of drug-likeness (QED) is 0.379. The molecule has 0 aromatic heterocycles. The number of halogens is 1. The molecule has 0 fully saturated rings. The molecular formula is C27H29ClN4O3. The lowest BCUT2D eigenvalue weighted by Crippen LogP contribution is -2.39. The largest absolute Gasteiger partial charge is 0.366 e. The Bertz CT molecular complexity index is 1180. The van der Waals surface area contributed by atoms with Gasteiger partial charge < -0.3 is 16.4 Å². The average Bonchev–Trinajstić information content (AvgIpc) is 2.84. The van der Waals surface area contributed by atoms with Crippen LogP contribution < -0.4 is 16.4 Å². The third kappa shape index (κ3) is 7.15. The summed E-state index contributed by atoms with van der Waals surface area (Å²) < 4.78 is 0. The van der Waals surface area contributed by atoms with Gasteiger partial charge in [0.1, 0.15) is 6.04 Å². The molecule has 7 nitrogen and oxygen atoms in total. The maximum absolute atomic E-state index is 13.4. The van der Waals surface area contributed by atoms with Gasteiger partial charge in [-0.2, -0.15) is 0 Å². The van der Waals surface area contributed by atoms with Gasteiger partial charge in [-0.05, 0) is 61.0 Å². The lowest BCUT2D eigenvalue weighted by Gasteiger charge is -2.30. The molecule has 0 aliphatic carbocycles. The van der Waals surface area contributed by atoms with E-state index in [1.54, 1.807) is 30.3 Å². The van der Waals surface area contributed by atoms with E-state index in [0.717, 1.165) is 11.1 Å². The predicted octanol–water partition coefficient (Wildman–Crippen LogP) is 4.78. The van der Waals surface area contributed by atoms with Gasteiger partial charge in [0.15, 0.2) is 0 Å². The predicted molar refractivity (Wildman–Crippen MR) is 139 cm³/mol. The molecule has 0 radical (unpaired) electrons. The summed E-state index contributed by atoms with van der Waals surface area (Å²) >= 11 is 6.23. The van der Waals surface area contributed by atoms with Crippen LogP contribution in [0.2, 0.25) is 5.02 Å². The number of primary amides is 1. The summed E-state index contributed by atoms with van der Waals surface area (Å²) in [5.41, 5.74) is 8.55. The van der Waals surface area contributed by atoms with Gasteiger partial charge in [-0.25, -0.2) is 0 Å². The molecule has 0 aliphatic rings. The van der Waals surface area contributed by atoms with Gasteiger partial charge in [-0.15, -0.1) is 0 Å². The maximum Gasteiger partial charge on any atom is 0.248 e. The molecule has 0 bridgehead atoms.